The summed E-state index contributed by atoms with van der Waals surface area (Å²) in [4.78, 5) is 20.1. The summed E-state index contributed by atoms with van der Waals surface area (Å²) in [5.41, 5.74) is 2.85. The van der Waals surface area contributed by atoms with Gasteiger partial charge in [-0.2, -0.15) is 5.10 Å². The number of carbonyl (C=O) groups is 1. The van der Waals surface area contributed by atoms with Crippen molar-refractivity contribution in [1.29, 1.82) is 0 Å². The monoisotopic (exact) mass is 378 g/mol. The van der Waals surface area contributed by atoms with Crippen LogP contribution >= 0.6 is 0 Å². The van der Waals surface area contributed by atoms with Crippen LogP contribution in [0.25, 0.3) is 11.1 Å². The third kappa shape index (κ3) is 4.63. The van der Waals surface area contributed by atoms with Gasteiger partial charge in [0.2, 0.25) is 0 Å². The molecule has 3 aromatic rings. The number of nitrogens with zero attached hydrogens (tertiary/aromatic N) is 4. The number of carboxylic acids is 1. The Bertz CT molecular complexity index is 945. The van der Waals surface area contributed by atoms with Gasteiger partial charge in [-0.1, -0.05) is 45.0 Å². The van der Waals surface area contributed by atoms with Gasteiger partial charge in [-0.05, 0) is 35.1 Å². The lowest BCUT2D eigenvalue weighted by molar-refractivity contribution is 0.0697. The molecule has 0 aliphatic heterocycles. The third-order valence-electron chi connectivity index (χ3n) is 4.50. The molecule has 0 bridgehead atoms. The third-order valence-corrected chi connectivity index (χ3v) is 4.50. The van der Waals surface area contributed by atoms with E-state index in [1.165, 1.54) is 6.20 Å². The smallest absolute Gasteiger partial charge is 0.337 e. The fourth-order valence-electron chi connectivity index (χ4n) is 3.20. The molecule has 2 heterocycles. The average molecular weight is 378 g/mol. The molecule has 3 rings (SSSR count). The van der Waals surface area contributed by atoms with Gasteiger partial charge in [-0.25, -0.2) is 14.5 Å². The molecule has 28 heavy (non-hydrogen) atoms. The Kier molecular flexibility index (Phi) is 6.19. The molecule has 0 aliphatic rings. The van der Waals surface area contributed by atoms with Gasteiger partial charge in [-0.15, -0.1) is 0 Å². The minimum absolute atomic E-state index is 0.205. The zero-order chi connectivity index (χ0) is 20.1. The predicted molar refractivity (Wildman–Crippen MR) is 108 cm³/mol. The first-order valence-corrected chi connectivity index (χ1v) is 9.67. The minimum atomic E-state index is -0.975. The molecule has 0 saturated heterocycles. The minimum Gasteiger partial charge on any atom is -0.478 e. The normalized spacial score (nSPS) is 11.1. The van der Waals surface area contributed by atoms with Crippen LogP contribution in [0.5, 0.6) is 0 Å². The van der Waals surface area contributed by atoms with Crippen LogP contribution in [-0.4, -0.2) is 30.8 Å². The number of benzene rings is 1. The molecular formula is C22H26N4O2. The summed E-state index contributed by atoms with van der Waals surface area (Å²) >= 11 is 0. The highest BCUT2D eigenvalue weighted by Gasteiger charge is 2.13. The van der Waals surface area contributed by atoms with Crippen LogP contribution in [0, 0.1) is 5.92 Å². The number of aromatic carboxylic acids is 1. The summed E-state index contributed by atoms with van der Waals surface area (Å²) in [5.74, 6) is 1.42. The standard InChI is InChI=1S/C22H26N4O2/c1-4-11-26-21(24-20(25-26)12-15(2)3)13-16-5-7-17(8-6-16)18-9-10-23-14-19(18)22(27)28/h5-10,14-15H,4,11-13H2,1-3H3,(H,27,28). The molecule has 6 nitrogen and oxygen atoms in total. The van der Waals surface area contributed by atoms with Crippen molar-refractivity contribution >= 4 is 5.97 Å². The van der Waals surface area contributed by atoms with Gasteiger partial charge in [0.05, 0.1) is 5.56 Å². The highest BCUT2D eigenvalue weighted by atomic mass is 16.4. The van der Waals surface area contributed by atoms with E-state index in [0.29, 0.717) is 17.9 Å². The number of aryl methyl sites for hydroxylation is 1. The van der Waals surface area contributed by atoms with Gasteiger partial charge in [0, 0.05) is 31.8 Å². The van der Waals surface area contributed by atoms with Crippen LogP contribution in [-0.2, 0) is 19.4 Å². The topological polar surface area (TPSA) is 80.9 Å². The van der Waals surface area contributed by atoms with Gasteiger partial charge in [0.25, 0.3) is 0 Å². The van der Waals surface area contributed by atoms with Crippen molar-refractivity contribution in [1.82, 2.24) is 19.7 Å². The van der Waals surface area contributed by atoms with E-state index >= 15 is 0 Å². The zero-order valence-corrected chi connectivity index (χ0v) is 16.6. The second-order valence-electron chi connectivity index (χ2n) is 7.37. The average Bonchev–Trinajstić information content (AvgIpc) is 3.03. The number of aromatic nitrogens is 4. The molecule has 0 radical (unpaired) electrons. The number of carboxylic acid groups (broad SMARTS) is 1. The highest BCUT2D eigenvalue weighted by molar-refractivity contribution is 5.95. The van der Waals surface area contributed by atoms with E-state index in [4.69, 9.17) is 4.98 Å². The van der Waals surface area contributed by atoms with E-state index in [2.05, 4.69) is 30.9 Å². The lowest BCUT2D eigenvalue weighted by Gasteiger charge is -2.08. The predicted octanol–water partition coefficient (Wildman–Crippen LogP) is 4.24. The Morgan fingerprint density at radius 1 is 1.18 bits per heavy atom. The quantitative estimate of drug-likeness (QED) is 0.634. The van der Waals surface area contributed by atoms with Crippen molar-refractivity contribution in [3.05, 3.63) is 65.5 Å². The molecular weight excluding hydrogens is 352 g/mol. The Morgan fingerprint density at radius 2 is 1.93 bits per heavy atom. The van der Waals surface area contributed by atoms with Gasteiger partial charge in [0.15, 0.2) is 5.82 Å². The number of rotatable bonds is 8. The zero-order valence-electron chi connectivity index (χ0n) is 16.6. The van der Waals surface area contributed by atoms with Crippen LogP contribution in [0.2, 0.25) is 0 Å². The van der Waals surface area contributed by atoms with Crippen molar-refractivity contribution in [3.63, 3.8) is 0 Å². The van der Waals surface area contributed by atoms with Crippen LogP contribution in [0.1, 0.15) is 54.8 Å². The summed E-state index contributed by atoms with van der Waals surface area (Å²) in [5, 5.41) is 14.0. The van der Waals surface area contributed by atoms with Crippen molar-refractivity contribution in [2.24, 2.45) is 5.92 Å². The molecule has 2 aromatic heterocycles. The molecule has 6 heteroatoms. The first kappa shape index (κ1) is 19.7. The molecule has 0 saturated carbocycles. The number of hydrogen-bond donors (Lipinski definition) is 1. The Hall–Kier alpha value is -3.02. The van der Waals surface area contributed by atoms with Crippen LogP contribution in [0.3, 0.4) is 0 Å². The van der Waals surface area contributed by atoms with E-state index in [1.54, 1.807) is 12.3 Å². The van der Waals surface area contributed by atoms with E-state index in [0.717, 1.165) is 42.2 Å². The molecule has 0 spiro atoms. The molecule has 1 N–H and O–H groups in total. The summed E-state index contributed by atoms with van der Waals surface area (Å²) in [6, 6.07) is 9.68. The molecule has 1 aromatic carbocycles. The number of pyridine rings is 1. The van der Waals surface area contributed by atoms with Crippen molar-refractivity contribution < 1.29 is 9.90 Å². The first-order chi connectivity index (χ1) is 13.5. The van der Waals surface area contributed by atoms with E-state index in [1.807, 2.05) is 28.9 Å². The van der Waals surface area contributed by atoms with Crippen molar-refractivity contribution in [2.75, 3.05) is 0 Å². The summed E-state index contributed by atoms with van der Waals surface area (Å²) in [6.07, 6.45) is 5.58. The van der Waals surface area contributed by atoms with E-state index < -0.39 is 5.97 Å². The molecule has 0 aliphatic carbocycles. The SMILES string of the molecule is CCCn1nc(CC(C)C)nc1Cc1ccc(-c2ccncc2C(=O)O)cc1. The molecule has 0 amide bonds. The van der Waals surface area contributed by atoms with Crippen LogP contribution in [0.4, 0.5) is 0 Å². The van der Waals surface area contributed by atoms with E-state index in [-0.39, 0.29) is 5.56 Å². The summed E-state index contributed by atoms with van der Waals surface area (Å²) in [7, 11) is 0. The molecule has 146 valence electrons. The second kappa shape index (κ2) is 8.78. The lowest BCUT2D eigenvalue weighted by atomic mass is 10.00. The summed E-state index contributed by atoms with van der Waals surface area (Å²) in [6.45, 7) is 7.33. The fourth-order valence-corrected chi connectivity index (χ4v) is 3.20. The van der Waals surface area contributed by atoms with Crippen molar-refractivity contribution in [3.8, 4) is 11.1 Å². The van der Waals surface area contributed by atoms with Gasteiger partial charge >= 0.3 is 5.97 Å². The first-order valence-electron chi connectivity index (χ1n) is 9.67. The molecule has 0 atom stereocenters. The maximum atomic E-state index is 11.4. The second-order valence-corrected chi connectivity index (χ2v) is 7.37. The Balaban J connectivity index is 1.83. The van der Waals surface area contributed by atoms with Crippen LogP contribution in [0.15, 0.2) is 42.7 Å². The highest BCUT2D eigenvalue weighted by Crippen LogP contribution is 2.24. The summed E-state index contributed by atoms with van der Waals surface area (Å²) < 4.78 is 2.01. The van der Waals surface area contributed by atoms with Gasteiger partial charge in [0.1, 0.15) is 5.82 Å². The largest absolute Gasteiger partial charge is 0.478 e. The maximum absolute atomic E-state index is 11.4. The number of hydrogen-bond acceptors (Lipinski definition) is 4. The van der Waals surface area contributed by atoms with E-state index in [9.17, 15) is 9.90 Å². The Morgan fingerprint density at radius 3 is 2.57 bits per heavy atom. The Labute approximate surface area is 165 Å². The molecule has 0 fully saturated rings. The molecule has 0 unspecified atom stereocenters. The maximum Gasteiger partial charge on any atom is 0.337 e. The van der Waals surface area contributed by atoms with Crippen LogP contribution < -0.4 is 0 Å². The van der Waals surface area contributed by atoms with Gasteiger partial charge in [-0.3, -0.25) is 4.98 Å². The fraction of sp³-hybridized carbons (Fsp3) is 0.364. The van der Waals surface area contributed by atoms with Gasteiger partial charge < -0.3 is 5.11 Å². The van der Waals surface area contributed by atoms with Crippen molar-refractivity contribution in [2.45, 2.75) is 46.6 Å². The lowest BCUT2D eigenvalue weighted by Crippen LogP contribution is -2.06.